The zero-order valence-corrected chi connectivity index (χ0v) is 13.6. The topological polar surface area (TPSA) is 49.3 Å². The summed E-state index contributed by atoms with van der Waals surface area (Å²) in [6.07, 6.45) is 4.99. The Balaban J connectivity index is 1.62. The van der Waals surface area contributed by atoms with Crippen molar-refractivity contribution in [1.29, 1.82) is 0 Å². The fourth-order valence-electron chi connectivity index (χ4n) is 2.53. The lowest BCUT2D eigenvalue weighted by Crippen LogP contribution is -2.27. The van der Waals surface area contributed by atoms with Crippen LogP contribution in [0.4, 0.5) is 0 Å². The van der Waals surface area contributed by atoms with Crippen LogP contribution in [-0.4, -0.2) is 28.6 Å². The maximum Gasteiger partial charge on any atom is 0.230 e. The normalized spacial score (nSPS) is 16.9. The van der Waals surface area contributed by atoms with Crippen molar-refractivity contribution in [2.24, 2.45) is 0 Å². The minimum absolute atomic E-state index is 0.0604. The molecule has 0 unspecified atom stereocenters. The number of aliphatic hydroxyl groups is 1. The maximum atomic E-state index is 11.7. The van der Waals surface area contributed by atoms with Gasteiger partial charge in [0, 0.05) is 16.8 Å². The summed E-state index contributed by atoms with van der Waals surface area (Å²) in [4.78, 5) is 11.7. The van der Waals surface area contributed by atoms with Gasteiger partial charge in [0.2, 0.25) is 5.91 Å². The standard InChI is InChI=1S/C16H22ClNO2S/c17-13-5-3-4-12(10-13)15(19)8-9-18-16(20)11-21-14-6-1-2-7-14/h3-5,10,14-15,19H,1-2,6-9,11H2,(H,18,20)/t15-/m0/s1. The number of carbonyl (C=O) groups excluding carboxylic acids is 1. The largest absolute Gasteiger partial charge is 0.388 e. The number of carbonyl (C=O) groups is 1. The van der Waals surface area contributed by atoms with E-state index in [0.29, 0.717) is 29.0 Å². The number of benzene rings is 1. The van der Waals surface area contributed by atoms with Gasteiger partial charge < -0.3 is 10.4 Å². The highest BCUT2D eigenvalue weighted by atomic mass is 35.5. The first-order valence-corrected chi connectivity index (χ1v) is 8.89. The minimum Gasteiger partial charge on any atom is -0.388 e. The van der Waals surface area contributed by atoms with Crippen molar-refractivity contribution in [2.75, 3.05) is 12.3 Å². The highest BCUT2D eigenvalue weighted by Crippen LogP contribution is 2.29. The van der Waals surface area contributed by atoms with E-state index in [1.807, 2.05) is 12.1 Å². The number of nitrogens with one attached hydrogen (secondary N) is 1. The van der Waals surface area contributed by atoms with Crippen molar-refractivity contribution in [2.45, 2.75) is 43.5 Å². The summed E-state index contributed by atoms with van der Waals surface area (Å²) in [5.74, 6) is 0.586. The Labute approximate surface area is 135 Å². The third-order valence-electron chi connectivity index (χ3n) is 3.73. The minimum atomic E-state index is -0.591. The predicted octanol–water partition coefficient (Wildman–Crippen LogP) is 3.56. The molecule has 1 atom stereocenters. The van der Waals surface area contributed by atoms with Crippen LogP contribution in [0.25, 0.3) is 0 Å². The summed E-state index contributed by atoms with van der Waals surface area (Å²) in [6, 6.07) is 7.19. The van der Waals surface area contributed by atoms with Crippen molar-refractivity contribution >= 4 is 29.3 Å². The Morgan fingerprint density at radius 1 is 1.43 bits per heavy atom. The molecule has 1 fully saturated rings. The molecule has 1 saturated carbocycles. The van der Waals surface area contributed by atoms with Gasteiger partial charge in [-0.2, -0.15) is 0 Å². The Kier molecular flexibility index (Phi) is 6.87. The molecule has 0 bridgehead atoms. The summed E-state index contributed by atoms with van der Waals surface area (Å²) in [7, 11) is 0. The van der Waals surface area contributed by atoms with Crippen LogP contribution in [0.1, 0.15) is 43.8 Å². The number of amides is 1. The number of aliphatic hydroxyl groups excluding tert-OH is 1. The molecule has 1 amide bonds. The quantitative estimate of drug-likeness (QED) is 0.805. The van der Waals surface area contributed by atoms with Gasteiger partial charge in [0.25, 0.3) is 0 Å². The van der Waals surface area contributed by atoms with E-state index < -0.39 is 6.10 Å². The fraction of sp³-hybridized carbons (Fsp3) is 0.562. The SMILES string of the molecule is O=C(CSC1CCCC1)NCC[C@H](O)c1cccc(Cl)c1. The molecule has 1 aromatic carbocycles. The Hall–Kier alpha value is -0.710. The molecule has 3 nitrogen and oxygen atoms in total. The molecule has 0 spiro atoms. The number of thioether (sulfide) groups is 1. The highest BCUT2D eigenvalue weighted by molar-refractivity contribution is 8.00. The van der Waals surface area contributed by atoms with Crippen LogP contribution >= 0.6 is 23.4 Å². The van der Waals surface area contributed by atoms with Crippen molar-refractivity contribution < 1.29 is 9.90 Å². The molecule has 2 rings (SSSR count). The van der Waals surface area contributed by atoms with E-state index in [4.69, 9.17) is 11.6 Å². The van der Waals surface area contributed by atoms with Crippen molar-refractivity contribution in [3.05, 3.63) is 34.9 Å². The maximum absolute atomic E-state index is 11.7. The summed E-state index contributed by atoms with van der Waals surface area (Å²) in [5.41, 5.74) is 0.789. The van der Waals surface area contributed by atoms with Crippen LogP contribution in [0, 0.1) is 0 Å². The van der Waals surface area contributed by atoms with Gasteiger partial charge in [-0.15, -0.1) is 11.8 Å². The lowest BCUT2D eigenvalue weighted by atomic mass is 10.1. The van der Waals surface area contributed by atoms with E-state index >= 15 is 0 Å². The Morgan fingerprint density at radius 3 is 2.90 bits per heavy atom. The van der Waals surface area contributed by atoms with Crippen LogP contribution in [0.2, 0.25) is 5.02 Å². The first kappa shape index (κ1) is 16.7. The van der Waals surface area contributed by atoms with E-state index in [0.717, 1.165) is 5.56 Å². The lowest BCUT2D eigenvalue weighted by molar-refractivity contribution is -0.118. The molecule has 21 heavy (non-hydrogen) atoms. The molecule has 1 aromatic rings. The first-order chi connectivity index (χ1) is 10.1. The molecule has 0 aliphatic heterocycles. The van der Waals surface area contributed by atoms with E-state index in [-0.39, 0.29) is 5.91 Å². The third-order valence-corrected chi connectivity index (χ3v) is 5.33. The third kappa shape index (κ3) is 5.89. The van der Waals surface area contributed by atoms with Crippen LogP contribution in [-0.2, 0) is 4.79 Å². The number of halogens is 1. The Morgan fingerprint density at radius 2 is 2.19 bits per heavy atom. The zero-order chi connectivity index (χ0) is 15.1. The van der Waals surface area contributed by atoms with Gasteiger partial charge in [0.15, 0.2) is 0 Å². The van der Waals surface area contributed by atoms with Crippen LogP contribution in [0.5, 0.6) is 0 Å². The Bertz CT molecular complexity index is 463. The molecule has 116 valence electrons. The van der Waals surface area contributed by atoms with E-state index in [1.165, 1.54) is 25.7 Å². The van der Waals surface area contributed by atoms with Crippen LogP contribution in [0.15, 0.2) is 24.3 Å². The van der Waals surface area contributed by atoms with Crippen molar-refractivity contribution in [3.63, 3.8) is 0 Å². The zero-order valence-electron chi connectivity index (χ0n) is 12.1. The number of hydrogen-bond acceptors (Lipinski definition) is 3. The second-order valence-electron chi connectivity index (χ2n) is 5.43. The molecule has 5 heteroatoms. The summed E-state index contributed by atoms with van der Waals surface area (Å²) >= 11 is 7.65. The van der Waals surface area contributed by atoms with Gasteiger partial charge in [-0.25, -0.2) is 0 Å². The van der Waals surface area contributed by atoms with Crippen molar-refractivity contribution in [3.8, 4) is 0 Å². The van der Waals surface area contributed by atoms with Gasteiger partial charge in [0.1, 0.15) is 0 Å². The molecule has 1 aliphatic carbocycles. The van der Waals surface area contributed by atoms with Gasteiger partial charge in [-0.1, -0.05) is 36.6 Å². The smallest absolute Gasteiger partial charge is 0.230 e. The number of hydrogen-bond donors (Lipinski definition) is 2. The second kappa shape index (κ2) is 8.66. The van der Waals surface area contributed by atoms with E-state index in [1.54, 1.807) is 23.9 Å². The fourth-order valence-corrected chi connectivity index (χ4v) is 3.88. The average Bonchev–Trinajstić information content (AvgIpc) is 2.98. The monoisotopic (exact) mass is 327 g/mol. The lowest BCUT2D eigenvalue weighted by Gasteiger charge is -2.13. The molecular formula is C16H22ClNO2S. The van der Waals surface area contributed by atoms with Gasteiger partial charge in [0.05, 0.1) is 11.9 Å². The molecule has 1 aliphatic rings. The second-order valence-corrected chi connectivity index (χ2v) is 7.15. The van der Waals surface area contributed by atoms with Gasteiger partial charge in [-0.3, -0.25) is 4.79 Å². The van der Waals surface area contributed by atoms with Crippen LogP contribution in [0.3, 0.4) is 0 Å². The molecule has 0 aromatic heterocycles. The predicted molar refractivity (Wildman–Crippen MR) is 88.8 cm³/mol. The molecule has 2 N–H and O–H groups in total. The van der Waals surface area contributed by atoms with Gasteiger partial charge in [-0.05, 0) is 37.0 Å². The molecular weight excluding hydrogens is 306 g/mol. The molecule has 0 heterocycles. The highest BCUT2D eigenvalue weighted by Gasteiger charge is 2.16. The molecule has 0 saturated heterocycles. The number of rotatable bonds is 7. The summed E-state index contributed by atoms with van der Waals surface area (Å²) in [6.45, 7) is 0.484. The van der Waals surface area contributed by atoms with E-state index in [2.05, 4.69) is 5.32 Å². The first-order valence-electron chi connectivity index (χ1n) is 7.47. The summed E-state index contributed by atoms with van der Waals surface area (Å²) in [5, 5.41) is 14.2. The van der Waals surface area contributed by atoms with E-state index in [9.17, 15) is 9.90 Å². The van der Waals surface area contributed by atoms with Gasteiger partial charge >= 0.3 is 0 Å². The van der Waals surface area contributed by atoms with Crippen molar-refractivity contribution in [1.82, 2.24) is 5.32 Å². The van der Waals surface area contributed by atoms with Crippen LogP contribution < -0.4 is 5.32 Å². The average molecular weight is 328 g/mol. The summed E-state index contributed by atoms with van der Waals surface area (Å²) < 4.78 is 0. The molecule has 0 radical (unpaired) electrons.